The lowest BCUT2D eigenvalue weighted by Crippen LogP contribution is -2.46. The van der Waals surface area contributed by atoms with Crippen molar-refractivity contribution in [1.29, 1.82) is 0 Å². The van der Waals surface area contributed by atoms with Gasteiger partial charge in [0.05, 0.1) is 6.42 Å². The molecule has 1 aliphatic heterocycles. The highest BCUT2D eigenvalue weighted by Gasteiger charge is 2.18. The van der Waals surface area contributed by atoms with Crippen LogP contribution in [-0.4, -0.2) is 42.0 Å². The van der Waals surface area contributed by atoms with Gasteiger partial charge in [0.15, 0.2) is 0 Å². The van der Waals surface area contributed by atoms with Gasteiger partial charge in [0.1, 0.15) is 0 Å². The molecule has 0 spiro atoms. The third-order valence-corrected chi connectivity index (χ3v) is 6.85. The van der Waals surface area contributed by atoms with Crippen molar-refractivity contribution in [2.75, 3.05) is 31.1 Å². The van der Waals surface area contributed by atoms with Crippen LogP contribution in [0.25, 0.3) is 10.9 Å². The number of anilines is 1. The van der Waals surface area contributed by atoms with Crippen molar-refractivity contribution >= 4 is 22.5 Å². The first kappa shape index (κ1) is 22.2. The fourth-order valence-electron chi connectivity index (χ4n) is 4.91. The number of piperazine rings is 1. The van der Waals surface area contributed by atoms with E-state index in [0.29, 0.717) is 13.0 Å². The van der Waals surface area contributed by atoms with Gasteiger partial charge in [-0.05, 0) is 41.8 Å². The molecule has 0 unspecified atom stereocenters. The number of carbonyl (C=O) groups excluding carboxylic acids is 1. The average molecular weight is 453 g/mol. The van der Waals surface area contributed by atoms with E-state index < -0.39 is 0 Å². The van der Waals surface area contributed by atoms with E-state index in [1.54, 1.807) is 0 Å². The minimum atomic E-state index is 0.0548. The highest BCUT2D eigenvalue weighted by molar-refractivity contribution is 5.90. The Labute approximate surface area is 201 Å². The highest BCUT2D eigenvalue weighted by Crippen LogP contribution is 2.22. The molecule has 1 fully saturated rings. The quantitative estimate of drug-likeness (QED) is 0.429. The number of nitrogens with zero attached hydrogens (tertiary/aromatic N) is 2. The molecule has 3 aromatic carbocycles. The van der Waals surface area contributed by atoms with E-state index in [1.165, 1.54) is 16.8 Å². The Morgan fingerprint density at radius 2 is 1.53 bits per heavy atom. The summed E-state index contributed by atoms with van der Waals surface area (Å²) >= 11 is 0. The summed E-state index contributed by atoms with van der Waals surface area (Å²) in [5.41, 5.74) is 7.01. The number of nitrogens with one attached hydrogen (secondary N) is 2. The lowest BCUT2D eigenvalue weighted by molar-refractivity contribution is -0.120. The topological polar surface area (TPSA) is 51.4 Å². The van der Waals surface area contributed by atoms with Crippen molar-refractivity contribution in [3.8, 4) is 0 Å². The molecule has 1 aromatic heterocycles. The highest BCUT2D eigenvalue weighted by atomic mass is 16.1. The molecule has 4 aromatic rings. The van der Waals surface area contributed by atoms with E-state index in [1.807, 2.05) is 19.1 Å². The number of H-pyrrole nitrogens is 1. The summed E-state index contributed by atoms with van der Waals surface area (Å²) in [5, 5.41) is 4.29. The summed E-state index contributed by atoms with van der Waals surface area (Å²) in [7, 11) is 0. The Kier molecular flexibility index (Phi) is 6.63. The molecule has 1 aliphatic rings. The van der Waals surface area contributed by atoms with Gasteiger partial charge < -0.3 is 15.2 Å². The second-order valence-electron chi connectivity index (χ2n) is 9.10. The largest absolute Gasteiger partial charge is 0.369 e. The Bertz CT molecular complexity index is 1260. The molecular weight excluding hydrogens is 420 g/mol. The van der Waals surface area contributed by atoms with E-state index in [4.69, 9.17) is 0 Å². The van der Waals surface area contributed by atoms with Crippen molar-refractivity contribution in [2.24, 2.45) is 0 Å². The summed E-state index contributed by atoms with van der Waals surface area (Å²) in [6.45, 7) is 7.65. The van der Waals surface area contributed by atoms with E-state index >= 15 is 0 Å². The molecule has 1 saturated heterocycles. The minimum Gasteiger partial charge on any atom is -0.369 e. The molecule has 5 rings (SSSR count). The average Bonchev–Trinajstić information content (AvgIpc) is 3.19. The molecule has 5 nitrogen and oxygen atoms in total. The van der Waals surface area contributed by atoms with Gasteiger partial charge in [-0.3, -0.25) is 9.69 Å². The zero-order valence-electron chi connectivity index (χ0n) is 19.8. The number of aryl methyl sites for hydroxylation is 1. The van der Waals surface area contributed by atoms with Crippen molar-refractivity contribution in [2.45, 2.75) is 26.4 Å². The zero-order valence-corrected chi connectivity index (χ0v) is 19.8. The fraction of sp³-hybridized carbons (Fsp3) is 0.276. The second-order valence-corrected chi connectivity index (χ2v) is 9.10. The maximum absolute atomic E-state index is 12.8. The molecule has 0 atom stereocenters. The molecule has 2 N–H and O–H groups in total. The normalized spacial score (nSPS) is 14.4. The van der Waals surface area contributed by atoms with Gasteiger partial charge in [-0.2, -0.15) is 0 Å². The van der Waals surface area contributed by atoms with Crippen LogP contribution in [0.5, 0.6) is 0 Å². The summed E-state index contributed by atoms with van der Waals surface area (Å²) < 4.78 is 0. The number of amides is 1. The number of para-hydroxylation sites is 2. The van der Waals surface area contributed by atoms with Gasteiger partial charge in [-0.25, -0.2) is 0 Å². The number of aromatic amines is 1. The van der Waals surface area contributed by atoms with Crippen LogP contribution in [0.2, 0.25) is 0 Å². The number of aromatic nitrogens is 1. The molecular formula is C29H32N4O. The standard InChI is InChI=1S/C29H32N4O/c1-22-27(26-13-7-8-14-28(26)31-22)19-29(34)30-20-23-9-5-6-10-24(23)21-32-15-17-33(18-16-32)25-11-3-2-4-12-25/h2-14,31H,15-21H2,1H3,(H,30,34). The van der Waals surface area contributed by atoms with Gasteiger partial charge in [0.2, 0.25) is 5.91 Å². The lowest BCUT2D eigenvalue weighted by atomic mass is 10.1. The summed E-state index contributed by atoms with van der Waals surface area (Å²) in [6.07, 6.45) is 0.388. The van der Waals surface area contributed by atoms with Crippen molar-refractivity contribution in [3.05, 3.63) is 101 Å². The molecule has 34 heavy (non-hydrogen) atoms. The third-order valence-electron chi connectivity index (χ3n) is 6.85. The molecule has 0 bridgehead atoms. The molecule has 1 amide bonds. The van der Waals surface area contributed by atoms with Crippen LogP contribution >= 0.6 is 0 Å². The van der Waals surface area contributed by atoms with E-state index in [9.17, 15) is 4.79 Å². The fourth-order valence-corrected chi connectivity index (χ4v) is 4.91. The minimum absolute atomic E-state index is 0.0548. The molecule has 0 aliphatic carbocycles. The first-order chi connectivity index (χ1) is 16.7. The van der Waals surface area contributed by atoms with Crippen LogP contribution in [0.1, 0.15) is 22.4 Å². The second kappa shape index (κ2) is 10.1. The van der Waals surface area contributed by atoms with Gasteiger partial charge >= 0.3 is 0 Å². The van der Waals surface area contributed by atoms with Crippen molar-refractivity contribution < 1.29 is 4.79 Å². The van der Waals surface area contributed by atoms with Crippen LogP contribution in [0.15, 0.2) is 78.9 Å². The van der Waals surface area contributed by atoms with Crippen LogP contribution in [0.4, 0.5) is 5.69 Å². The zero-order chi connectivity index (χ0) is 23.3. The van der Waals surface area contributed by atoms with Crippen LogP contribution in [0.3, 0.4) is 0 Å². The molecule has 2 heterocycles. The van der Waals surface area contributed by atoms with Crippen LogP contribution in [-0.2, 0) is 24.3 Å². The maximum atomic E-state index is 12.8. The summed E-state index contributed by atoms with van der Waals surface area (Å²) in [5.74, 6) is 0.0548. The first-order valence-electron chi connectivity index (χ1n) is 12.1. The molecule has 174 valence electrons. The predicted molar refractivity (Wildman–Crippen MR) is 139 cm³/mol. The van der Waals surface area contributed by atoms with E-state index in [0.717, 1.165) is 54.9 Å². The van der Waals surface area contributed by atoms with E-state index in [-0.39, 0.29) is 5.91 Å². The predicted octanol–water partition coefficient (Wildman–Crippen LogP) is 4.66. The SMILES string of the molecule is Cc1[nH]c2ccccc2c1CC(=O)NCc1ccccc1CN1CCN(c2ccccc2)CC1. The number of carbonyl (C=O) groups is 1. The maximum Gasteiger partial charge on any atom is 0.224 e. The van der Waals surface area contributed by atoms with Crippen LogP contribution < -0.4 is 10.2 Å². The number of rotatable bonds is 7. The summed E-state index contributed by atoms with van der Waals surface area (Å²) in [6, 6.07) is 27.3. The van der Waals surface area contributed by atoms with Crippen molar-refractivity contribution in [3.63, 3.8) is 0 Å². The summed E-state index contributed by atoms with van der Waals surface area (Å²) in [4.78, 5) is 21.2. The number of fused-ring (bicyclic) bond motifs is 1. The van der Waals surface area contributed by atoms with Gasteiger partial charge in [-0.1, -0.05) is 60.7 Å². The monoisotopic (exact) mass is 452 g/mol. The Balaban J connectivity index is 1.18. The van der Waals surface area contributed by atoms with E-state index in [2.05, 4.69) is 86.8 Å². The molecule has 0 saturated carbocycles. The van der Waals surface area contributed by atoms with Crippen molar-refractivity contribution in [1.82, 2.24) is 15.2 Å². The number of hydrogen-bond donors (Lipinski definition) is 2. The number of hydrogen-bond acceptors (Lipinski definition) is 3. The Morgan fingerprint density at radius 1 is 0.853 bits per heavy atom. The smallest absolute Gasteiger partial charge is 0.224 e. The number of benzene rings is 3. The molecule has 0 radical (unpaired) electrons. The molecule has 5 heteroatoms. The third kappa shape index (κ3) is 5.00. The van der Waals surface area contributed by atoms with Gasteiger partial charge in [0.25, 0.3) is 0 Å². The van der Waals surface area contributed by atoms with Gasteiger partial charge in [-0.15, -0.1) is 0 Å². The Hall–Kier alpha value is -3.57. The Morgan fingerprint density at radius 3 is 2.32 bits per heavy atom. The van der Waals surface area contributed by atoms with Crippen LogP contribution in [0, 0.1) is 6.92 Å². The lowest BCUT2D eigenvalue weighted by Gasteiger charge is -2.36. The van der Waals surface area contributed by atoms with Gasteiger partial charge in [0, 0.05) is 61.6 Å². The first-order valence-corrected chi connectivity index (χ1v) is 12.1.